The fourth-order valence-corrected chi connectivity index (χ4v) is 2.53. The molecular weight excluding hydrogens is 346 g/mol. The Balaban J connectivity index is 2.32. The third kappa shape index (κ3) is 3.29. The zero-order valence-electron chi connectivity index (χ0n) is 10.6. The summed E-state index contributed by atoms with van der Waals surface area (Å²) in [5.74, 6) is 1.45. The van der Waals surface area contributed by atoms with Crippen LogP contribution in [0.2, 0.25) is 0 Å². The van der Waals surface area contributed by atoms with Crippen molar-refractivity contribution < 1.29 is 9.66 Å². The van der Waals surface area contributed by atoms with Gasteiger partial charge in [-0.05, 0) is 36.2 Å². The van der Waals surface area contributed by atoms with Gasteiger partial charge in [-0.1, -0.05) is 22.0 Å². The fourth-order valence-electron chi connectivity index (χ4n) is 1.64. The Labute approximate surface area is 129 Å². The first-order valence-electron chi connectivity index (χ1n) is 5.78. The molecule has 0 unspecified atom stereocenters. The summed E-state index contributed by atoms with van der Waals surface area (Å²) in [6.45, 7) is 1.83. The van der Waals surface area contributed by atoms with E-state index in [0.29, 0.717) is 17.4 Å². The van der Waals surface area contributed by atoms with E-state index >= 15 is 0 Å². The van der Waals surface area contributed by atoms with Crippen molar-refractivity contribution in [3.8, 4) is 11.5 Å². The lowest BCUT2D eigenvalue weighted by atomic mass is 10.2. The average molecular weight is 357 g/mol. The number of aryl methyl sites for hydroxylation is 1. The van der Waals surface area contributed by atoms with Crippen molar-refractivity contribution in [1.29, 1.82) is 0 Å². The van der Waals surface area contributed by atoms with Gasteiger partial charge in [0, 0.05) is 16.4 Å². The highest BCUT2D eigenvalue weighted by molar-refractivity contribution is 9.10. The van der Waals surface area contributed by atoms with Gasteiger partial charge < -0.3 is 4.74 Å². The Hall–Kier alpha value is -1.59. The van der Waals surface area contributed by atoms with Gasteiger partial charge in [-0.15, -0.1) is 11.6 Å². The summed E-state index contributed by atoms with van der Waals surface area (Å²) in [4.78, 5) is 10.3. The van der Waals surface area contributed by atoms with Gasteiger partial charge in [0.05, 0.1) is 11.0 Å². The first kappa shape index (κ1) is 14.8. The van der Waals surface area contributed by atoms with Crippen LogP contribution in [0, 0.1) is 17.0 Å². The van der Waals surface area contributed by atoms with E-state index in [4.69, 9.17) is 16.3 Å². The second-order valence-corrected chi connectivity index (χ2v) is 5.32. The van der Waals surface area contributed by atoms with E-state index < -0.39 is 4.92 Å². The van der Waals surface area contributed by atoms with Gasteiger partial charge in [-0.2, -0.15) is 0 Å². The van der Waals surface area contributed by atoms with Crippen LogP contribution >= 0.6 is 27.5 Å². The molecule has 0 heterocycles. The molecule has 0 amide bonds. The summed E-state index contributed by atoms with van der Waals surface area (Å²) in [5.41, 5.74) is 1.78. The average Bonchev–Trinajstić information content (AvgIpc) is 2.41. The number of nitro groups is 1. The number of ether oxygens (including phenoxy) is 1. The van der Waals surface area contributed by atoms with Gasteiger partial charge in [-0.25, -0.2) is 0 Å². The predicted molar refractivity (Wildman–Crippen MR) is 81.6 cm³/mol. The van der Waals surface area contributed by atoms with Crippen molar-refractivity contribution in [1.82, 2.24) is 0 Å². The summed E-state index contributed by atoms with van der Waals surface area (Å²) in [6, 6.07) is 9.94. The Morgan fingerprint density at radius 3 is 2.65 bits per heavy atom. The van der Waals surface area contributed by atoms with Crippen LogP contribution in [0.3, 0.4) is 0 Å². The number of alkyl halides is 1. The van der Waals surface area contributed by atoms with Crippen molar-refractivity contribution in [2.75, 3.05) is 0 Å². The minimum atomic E-state index is -0.446. The van der Waals surface area contributed by atoms with Gasteiger partial charge >= 0.3 is 0 Å². The lowest BCUT2D eigenvalue weighted by Gasteiger charge is -2.10. The second-order valence-electron chi connectivity index (χ2n) is 4.20. The summed E-state index contributed by atoms with van der Waals surface area (Å²) < 4.78 is 6.54. The van der Waals surface area contributed by atoms with Crippen LogP contribution in [-0.2, 0) is 5.88 Å². The van der Waals surface area contributed by atoms with Crippen LogP contribution in [0.5, 0.6) is 11.5 Å². The number of non-ortho nitro benzene ring substituents is 1. The third-order valence-corrected chi connectivity index (χ3v) is 3.80. The maximum absolute atomic E-state index is 10.8. The van der Waals surface area contributed by atoms with Crippen molar-refractivity contribution in [2.24, 2.45) is 0 Å². The number of nitro benzene ring substituents is 1. The number of nitrogens with zero attached hydrogens (tertiary/aromatic N) is 1. The monoisotopic (exact) mass is 355 g/mol. The van der Waals surface area contributed by atoms with E-state index in [2.05, 4.69) is 15.9 Å². The zero-order chi connectivity index (χ0) is 14.7. The second kappa shape index (κ2) is 6.24. The smallest absolute Gasteiger partial charge is 0.273 e. The highest BCUT2D eigenvalue weighted by Crippen LogP contribution is 2.31. The Bertz CT molecular complexity index is 661. The van der Waals surface area contributed by atoms with E-state index in [-0.39, 0.29) is 5.69 Å². The standard InChI is InChI=1S/C14H11BrClNO3/c1-9-2-4-11(17(18)19)6-14(9)20-12-5-3-10(8-16)13(15)7-12/h2-7H,8H2,1H3. The number of benzene rings is 2. The Kier molecular flexibility index (Phi) is 4.62. The summed E-state index contributed by atoms with van der Waals surface area (Å²) in [7, 11) is 0. The summed E-state index contributed by atoms with van der Waals surface area (Å²) >= 11 is 9.18. The molecule has 20 heavy (non-hydrogen) atoms. The molecule has 4 nitrogen and oxygen atoms in total. The molecule has 104 valence electrons. The number of hydrogen-bond donors (Lipinski definition) is 0. The van der Waals surface area contributed by atoms with Crippen LogP contribution in [0.4, 0.5) is 5.69 Å². The third-order valence-electron chi connectivity index (χ3n) is 2.78. The molecule has 6 heteroatoms. The molecule has 2 aromatic rings. The highest BCUT2D eigenvalue weighted by Gasteiger charge is 2.11. The van der Waals surface area contributed by atoms with E-state index in [1.54, 1.807) is 18.2 Å². The lowest BCUT2D eigenvalue weighted by Crippen LogP contribution is -1.92. The van der Waals surface area contributed by atoms with Crippen LogP contribution in [-0.4, -0.2) is 4.92 Å². The summed E-state index contributed by atoms with van der Waals surface area (Å²) in [5, 5.41) is 10.8. The molecule has 0 bridgehead atoms. The number of hydrogen-bond acceptors (Lipinski definition) is 3. The van der Waals surface area contributed by atoms with Gasteiger partial charge in [0.15, 0.2) is 0 Å². The van der Waals surface area contributed by atoms with Crippen molar-refractivity contribution >= 4 is 33.2 Å². The number of rotatable bonds is 4. The molecule has 0 aromatic heterocycles. The molecule has 0 aliphatic heterocycles. The van der Waals surface area contributed by atoms with Gasteiger partial charge in [0.1, 0.15) is 11.5 Å². The van der Waals surface area contributed by atoms with Crippen LogP contribution < -0.4 is 4.74 Å². The molecule has 0 fully saturated rings. The minimum absolute atomic E-state index is 0.00189. The summed E-state index contributed by atoms with van der Waals surface area (Å²) in [6.07, 6.45) is 0. The topological polar surface area (TPSA) is 52.4 Å². The molecule has 2 rings (SSSR count). The van der Waals surface area contributed by atoms with Crippen LogP contribution in [0.1, 0.15) is 11.1 Å². The molecule has 0 atom stereocenters. The van der Waals surface area contributed by atoms with Crippen LogP contribution in [0.15, 0.2) is 40.9 Å². The number of halogens is 2. The van der Waals surface area contributed by atoms with Crippen molar-refractivity contribution in [3.05, 3.63) is 62.1 Å². The van der Waals surface area contributed by atoms with E-state index in [0.717, 1.165) is 15.6 Å². The Morgan fingerprint density at radius 2 is 2.05 bits per heavy atom. The van der Waals surface area contributed by atoms with E-state index in [1.807, 2.05) is 13.0 Å². The van der Waals surface area contributed by atoms with Gasteiger partial charge in [0.2, 0.25) is 0 Å². The molecule has 0 N–H and O–H groups in total. The van der Waals surface area contributed by atoms with E-state index in [1.165, 1.54) is 12.1 Å². The molecule has 0 aliphatic carbocycles. The lowest BCUT2D eigenvalue weighted by molar-refractivity contribution is -0.384. The minimum Gasteiger partial charge on any atom is -0.457 e. The SMILES string of the molecule is Cc1ccc([N+](=O)[O-])cc1Oc1ccc(CCl)c(Br)c1. The molecule has 2 aromatic carbocycles. The Morgan fingerprint density at radius 1 is 1.30 bits per heavy atom. The highest BCUT2D eigenvalue weighted by atomic mass is 79.9. The largest absolute Gasteiger partial charge is 0.457 e. The van der Waals surface area contributed by atoms with Crippen molar-refractivity contribution in [3.63, 3.8) is 0 Å². The molecule has 0 radical (unpaired) electrons. The van der Waals surface area contributed by atoms with Gasteiger partial charge in [0.25, 0.3) is 5.69 Å². The predicted octanol–water partition coefficient (Wildman–Crippen LogP) is 5.20. The zero-order valence-corrected chi connectivity index (χ0v) is 12.9. The molecular formula is C14H11BrClNO3. The normalized spacial score (nSPS) is 10.3. The first-order chi connectivity index (χ1) is 9.51. The molecule has 0 saturated heterocycles. The molecule has 0 aliphatic rings. The molecule has 0 spiro atoms. The first-order valence-corrected chi connectivity index (χ1v) is 7.11. The van der Waals surface area contributed by atoms with Crippen molar-refractivity contribution in [2.45, 2.75) is 12.8 Å². The van der Waals surface area contributed by atoms with Gasteiger partial charge in [-0.3, -0.25) is 10.1 Å². The molecule has 0 saturated carbocycles. The van der Waals surface area contributed by atoms with Crippen LogP contribution in [0.25, 0.3) is 0 Å². The fraction of sp³-hybridized carbons (Fsp3) is 0.143. The maximum atomic E-state index is 10.8. The van der Waals surface area contributed by atoms with E-state index in [9.17, 15) is 10.1 Å². The maximum Gasteiger partial charge on any atom is 0.273 e. The quantitative estimate of drug-likeness (QED) is 0.430.